The van der Waals surface area contributed by atoms with Crippen LogP contribution in [0.25, 0.3) is 6.08 Å². The van der Waals surface area contributed by atoms with Gasteiger partial charge in [0.1, 0.15) is 5.70 Å². The summed E-state index contributed by atoms with van der Waals surface area (Å²) in [4.78, 5) is 26.2. The number of hydrogen-bond donors (Lipinski definition) is 3. The summed E-state index contributed by atoms with van der Waals surface area (Å²) in [7, 11) is 0. The van der Waals surface area contributed by atoms with E-state index in [1.54, 1.807) is 6.08 Å². The second kappa shape index (κ2) is 11.5. The molecule has 0 radical (unpaired) electrons. The molecule has 0 saturated heterocycles. The normalized spacial score (nSPS) is 11.2. The summed E-state index contributed by atoms with van der Waals surface area (Å²) in [5.74, 6) is -1.26. The first kappa shape index (κ1) is 22.0. The maximum absolute atomic E-state index is 13.4. The molecule has 0 saturated carbocycles. The van der Waals surface area contributed by atoms with Crippen molar-refractivity contribution in [3.05, 3.63) is 113 Å². The highest BCUT2D eigenvalue weighted by molar-refractivity contribution is 6.02. The van der Waals surface area contributed by atoms with Crippen molar-refractivity contribution in [3.8, 4) is 0 Å². The zero-order valence-electron chi connectivity index (χ0n) is 17.2. The summed E-state index contributed by atoms with van der Waals surface area (Å²) in [6.45, 7) is 0.298. The van der Waals surface area contributed by atoms with Crippen LogP contribution < -0.4 is 10.6 Å². The van der Waals surface area contributed by atoms with Crippen molar-refractivity contribution >= 4 is 17.9 Å². The molecular formula is C26H26N2O3. The van der Waals surface area contributed by atoms with Crippen LogP contribution in [-0.4, -0.2) is 30.1 Å². The van der Waals surface area contributed by atoms with Gasteiger partial charge in [-0.3, -0.25) is 9.59 Å². The van der Waals surface area contributed by atoms with Gasteiger partial charge in [0, 0.05) is 13.2 Å². The number of carbonyl (C=O) groups excluding carboxylic acids is 2. The average Bonchev–Trinajstić information content (AvgIpc) is 2.81. The first-order chi connectivity index (χ1) is 15.2. The Balaban J connectivity index is 1.91. The molecule has 0 aliphatic carbocycles. The smallest absolute Gasteiger partial charge is 0.267 e. The molecule has 0 aliphatic rings. The van der Waals surface area contributed by atoms with E-state index in [2.05, 4.69) is 10.6 Å². The average molecular weight is 415 g/mol. The van der Waals surface area contributed by atoms with Crippen LogP contribution in [-0.2, 0) is 9.59 Å². The van der Waals surface area contributed by atoms with Crippen molar-refractivity contribution in [1.29, 1.82) is 0 Å². The molecule has 0 unspecified atom stereocenters. The molecule has 0 atom stereocenters. The highest BCUT2D eigenvalue weighted by Gasteiger charge is 2.24. The van der Waals surface area contributed by atoms with E-state index in [1.807, 2.05) is 91.0 Å². The first-order valence-electron chi connectivity index (χ1n) is 10.3. The van der Waals surface area contributed by atoms with Crippen LogP contribution in [0.4, 0.5) is 0 Å². The van der Waals surface area contributed by atoms with Gasteiger partial charge < -0.3 is 15.7 Å². The molecule has 0 spiro atoms. The monoisotopic (exact) mass is 414 g/mol. The van der Waals surface area contributed by atoms with Gasteiger partial charge in [0.25, 0.3) is 5.91 Å². The third kappa shape index (κ3) is 6.39. The SMILES string of the molecule is O=C(NCCCO)/C(=C\c1ccccc1)NC(=O)C(c1ccccc1)c1ccccc1. The van der Waals surface area contributed by atoms with Gasteiger partial charge in [-0.1, -0.05) is 91.0 Å². The highest BCUT2D eigenvalue weighted by atomic mass is 16.3. The highest BCUT2D eigenvalue weighted by Crippen LogP contribution is 2.25. The van der Waals surface area contributed by atoms with Crippen LogP contribution in [0.1, 0.15) is 29.0 Å². The molecule has 3 rings (SSSR count). The number of carbonyl (C=O) groups is 2. The van der Waals surface area contributed by atoms with E-state index < -0.39 is 11.8 Å². The quantitative estimate of drug-likeness (QED) is 0.371. The molecule has 0 heterocycles. The standard InChI is InChI=1S/C26H26N2O3/c29-18-10-17-27-25(30)23(19-20-11-4-1-5-12-20)28-26(31)24(21-13-6-2-7-14-21)22-15-8-3-9-16-22/h1-9,11-16,19,24,29H,10,17-18H2,(H,27,30)(H,28,31)/b23-19+. The van der Waals surface area contributed by atoms with Crippen molar-refractivity contribution < 1.29 is 14.7 Å². The summed E-state index contributed by atoms with van der Waals surface area (Å²) in [5, 5.41) is 14.6. The maximum atomic E-state index is 13.4. The molecule has 3 aromatic carbocycles. The number of rotatable bonds is 9. The third-order valence-corrected chi connectivity index (χ3v) is 4.76. The van der Waals surface area contributed by atoms with Gasteiger partial charge in [-0.25, -0.2) is 0 Å². The molecule has 3 N–H and O–H groups in total. The Kier molecular flexibility index (Phi) is 8.14. The van der Waals surface area contributed by atoms with Gasteiger partial charge >= 0.3 is 0 Å². The number of aliphatic hydroxyl groups excluding tert-OH is 1. The van der Waals surface area contributed by atoms with Crippen molar-refractivity contribution in [2.24, 2.45) is 0 Å². The minimum atomic E-state index is -0.563. The van der Waals surface area contributed by atoms with Crippen molar-refractivity contribution in [1.82, 2.24) is 10.6 Å². The van der Waals surface area contributed by atoms with E-state index in [-0.39, 0.29) is 18.2 Å². The van der Waals surface area contributed by atoms with Gasteiger partial charge in [-0.05, 0) is 29.2 Å². The van der Waals surface area contributed by atoms with Crippen LogP contribution in [0.3, 0.4) is 0 Å². The lowest BCUT2D eigenvalue weighted by atomic mass is 9.90. The Hall–Kier alpha value is -3.70. The van der Waals surface area contributed by atoms with Gasteiger partial charge in [0.05, 0.1) is 5.92 Å². The number of amides is 2. The van der Waals surface area contributed by atoms with E-state index in [9.17, 15) is 9.59 Å². The minimum absolute atomic E-state index is 0.0194. The van der Waals surface area contributed by atoms with Gasteiger partial charge in [-0.2, -0.15) is 0 Å². The summed E-state index contributed by atoms with van der Waals surface area (Å²) in [5.41, 5.74) is 2.63. The molecule has 2 amide bonds. The third-order valence-electron chi connectivity index (χ3n) is 4.76. The summed E-state index contributed by atoms with van der Waals surface area (Å²) in [6, 6.07) is 28.3. The Bertz CT molecular complexity index is 963. The van der Waals surface area contributed by atoms with Gasteiger partial charge in [0.2, 0.25) is 5.91 Å². The molecule has 3 aromatic rings. The van der Waals surface area contributed by atoms with Crippen LogP contribution >= 0.6 is 0 Å². The van der Waals surface area contributed by atoms with E-state index in [4.69, 9.17) is 5.11 Å². The molecule has 5 nitrogen and oxygen atoms in total. The van der Waals surface area contributed by atoms with Crippen molar-refractivity contribution in [2.75, 3.05) is 13.2 Å². The zero-order valence-corrected chi connectivity index (χ0v) is 17.2. The number of aliphatic hydroxyl groups is 1. The fourth-order valence-electron chi connectivity index (χ4n) is 3.24. The van der Waals surface area contributed by atoms with Crippen LogP contribution in [0.2, 0.25) is 0 Å². The predicted molar refractivity (Wildman–Crippen MR) is 122 cm³/mol. The Morgan fingerprint density at radius 3 is 1.84 bits per heavy atom. The number of benzene rings is 3. The molecule has 0 bridgehead atoms. The number of hydrogen-bond acceptors (Lipinski definition) is 3. The Morgan fingerprint density at radius 1 is 0.806 bits per heavy atom. The maximum Gasteiger partial charge on any atom is 0.267 e. The molecule has 0 fully saturated rings. The van der Waals surface area contributed by atoms with Crippen LogP contribution in [0, 0.1) is 0 Å². The fourth-order valence-corrected chi connectivity index (χ4v) is 3.24. The lowest BCUT2D eigenvalue weighted by Crippen LogP contribution is -2.37. The summed E-state index contributed by atoms with van der Waals surface area (Å²) < 4.78 is 0. The number of nitrogens with one attached hydrogen (secondary N) is 2. The molecule has 0 aromatic heterocycles. The second-order valence-corrected chi connectivity index (χ2v) is 7.05. The molecule has 5 heteroatoms. The Labute approximate surface area is 182 Å². The van der Waals surface area contributed by atoms with Crippen molar-refractivity contribution in [3.63, 3.8) is 0 Å². The zero-order chi connectivity index (χ0) is 21.9. The fraction of sp³-hybridized carbons (Fsp3) is 0.154. The summed E-state index contributed by atoms with van der Waals surface area (Å²) in [6.07, 6.45) is 2.09. The molecule has 0 aliphatic heterocycles. The predicted octanol–water partition coefficient (Wildman–Crippen LogP) is 3.47. The minimum Gasteiger partial charge on any atom is -0.396 e. The molecule has 158 valence electrons. The van der Waals surface area contributed by atoms with Crippen LogP contribution in [0.15, 0.2) is 96.7 Å². The van der Waals surface area contributed by atoms with Crippen molar-refractivity contribution in [2.45, 2.75) is 12.3 Å². The van der Waals surface area contributed by atoms with E-state index in [0.717, 1.165) is 16.7 Å². The van der Waals surface area contributed by atoms with E-state index in [0.29, 0.717) is 13.0 Å². The van der Waals surface area contributed by atoms with Gasteiger partial charge in [-0.15, -0.1) is 0 Å². The lowest BCUT2D eigenvalue weighted by Gasteiger charge is -2.19. The lowest BCUT2D eigenvalue weighted by molar-refractivity contribution is -0.124. The van der Waals surface area contributed by atoms with E-state index in [1.165, 1.54) is 0 Å². The molecule has 31 heavy (non-hydrogen) atoms. The first-order valence-corrected chi connectivity index (χ1v) is 10.3. The second-order valence-electron chi connectivity index (χ2n) is 7.05. The van der Waals surface area contributed by atoms with Crippen LogP contribution in [0.5, 0.6) is 0 Å². The summed E-state index contributed by atoms with van der Waals surface area (Å²) >= 11 is 0. The van der Waals surface area contributed by atoms with E-state index >= 15 is 0 Å². The topological polar surface area (TPSA) is 78.4 Å². The largest absolute Gasteiger partial charge is 0.396 e. The molecular weight excluding hydrogens is 388 g/mol. The Morgan fingerprint density at radius 2 is 1.32 bits per heavy atom. The van der Waals surface area contributed by atoms with Gasteiger partial charge in [0.15, 0.2) is 0 Å².